The number of hydrogen-bond donors (Lipinski definition) is 0. The summed E-state index contributed by atoms with van der Waals surface area (Å²) in [6.07, 6.45) is 4.71. The van der Waals surface area contributed by atoms with E-state index in [1.54, 1.807) is 6.92 Å². The molecular weight excluding hydrogens is 403 g/mol. The SMILES string of the molecule is CC(=O)C1CC2C=CC1C(=O)C21OCC(I)=C1c1ccccc1. The standard InChI is InChI=1S/C19H17IO3/c1-11(21)15-9-13-7-8-14(15)18(22)19(13)17(16(20)10-23-19)12-5-3-2-4-6-12/h2-8,13-15H,9-10H2,1H3. The summed E-state index contributed by atoms with van der Waals surface area (Å²) in [6.45, 7) is 2.06. The number of halogens is 1. The highest BCUT2D eigenvalue weighted by atomic mass is 127. The van der Waals surface area contributed by atoms with Gasteiger partial charge in [0.05, 0.1) is 6.61 Å². The second kappa shape index (κ2) is 5.38. The Balaban J connectivity index is 1.85. The Hall–Kier alpha value is -1.27. The molecule has 0 N–H and O–H groups in total. The summed E-state index contributed by atoms with van der Waals surface area (Å²) < 4.78 is 7.23. The molecule has 5 rings (SSSR count). The van der Waals surface area contributed by atoms with Crippen molar-refractivity contribution in [1.82, 2.24) is 0 Å². The number of benzene rings is 1. The van der Waals surface area contributed by atoms with Crippen LogP contribution in [0.5, 0.6) is 0 Å². The van der Waals surface area contributed by atoms with Gasteiger partial charge in [-0.05, 0) is 41.5 Å². The minimum atomic E-state index is -0.900. The van der Waals surface area contributed by atoms with E-state index in [1.165, 1.54) is 0 Å². The van der Waals surface area contributed by atoms with Crippen LogP contribution in [0.15, 0.2) is 46.1 Å². The average Bonchev–Trinajstić information content (AvgIpc) is 2.91. The molecule has 0 aromatic heterocycles. The van der Waals surface area contributed by atoms with Crippen LogP contribution in [0.25, 0.3) is 5.57 Å². The van der Waals surface area contributed by atoms with Crippen molar-refractivity contribution in [2.45, 2.75) is 18.9 Å². The third-order valence-corrected chi connectivity index (χ3v) is 6.19. The molecule has 1 aliphatic heterocycles. The number of carbonyl (C=O) groups excluding carboxylic acids is 2. The summed E-state index contributed by atoms with van der Waals surface area (Å²) in [4.78, 5) is 25.2. The van der Waals surface area contributed by atoms with E-state index >= 15 is 0 Å². The molecule has 0 saturated heterocycles. The zero-order valence-electron chi connectivity index (χ0n) is 12.8. The number of carbonyl (C=O) groups is 2. The molecule has 4 unspecified atom stereocenters. The third-order valence-electron chi connectivity index (χ3n) is 5.34. The van der Waals surface area contributed by atoms with Crippen LogP contribution in [0.2, 0.25) is 0 Å². The summed E-state index contributed by atoms with van der Waals surface area (Å²) in [5.74, 6) is -0.440. The smallest absolute Gasteiger partial charge is 0.177 e. The summed E-state index contributed by atoms with van der Waals surface area (Å²) >= 11 is 2.29. The lowest BCUT2D eigenvalue weighted by atomic mass is 9.57. The van der Waals surface area contributed by atoms with Gasteiger partial charge in [0.2, 0.25) is 0 Å². The van der Waals surface area contributed by atoms with Crippen molar-refractivity contribution in [1.29, 1.82) is 0 Å². The molecule has 4 aliphatic rings. The summed E-state index contributed by atoms with van der Waals surface area (Å²) in [6, 6.07) is 10.0. The maximum atomic E-state index is 13.3. The fourth-order valence-electron chi connectivity index (χ4n) is 4.29. The van der Waals surface area contributed by atoms with Gasteiger partial charge in [-0.1, -0.05) is 42.5 Å². The molecule has 4 heteroatoms. The van der Waals surface area contributed by atoms with Crippen LogP contribution >= 0.6 is 22.6 Å². The van der Waals surface area contributed by atoms with Crippen LogP contribution in [0, 0.1) is 17.8 Å². The lowest BCUT2D eigenvalue weighted by Crippen LogP contribution is -2.58. The maximum Gasteiger partial charge on any atom is 0.177 e. The molecule has 3 nitrogen and oxygen atoms in total. The molecule has 4 atom stereocenters. The van der Waals surface area contributed by atoms with Crippen molar-refractivity contribution in [3.05, 3.63) is 51.6 Å². The van der Waals surface area contributed by atoms with Gasteiger partial charge in [0.25, 0.3) is 0 Å². The van der Waals surface area contributed by atoms with Gasteiger partial charge in [-0.3, -0.25) is 9.59 Å². The van der Waals surface area contributed by atoms with E-state index in [4.69, 9.17) is 4.74 Å². The summed E-state index contributed by atoms with van der Waals surface area (Å²) in [5.41, 5.74) is 1.15. The Morgan fingerprint density at radius 1 is 1.26 bits per heavy atom. The van der Waals surface area contributed by atoms with Crippen molar-refractivity contribution in [2.75, 3.05) is 6.61 Å². The van der Waals surface area contributed by atoms with E-state index in [0.29, 0.717) is 13.0 Å². The van der Waals surface area contributed by atoms with Crippen LogP contribution in [0.4, 0.5) is 0 Å². The zero-order valence-corrected chi connectivity index (χ0v) is 14.9. The van der Waals surface area contributed by atoms with E-state index in [0.717, 1.165) is 14.7 Å². The Bertz CT molecular complexity index is 749. The zero-order chi connectivity index (χ0) is 16.2. The predicted octanol–water partition coefficient (Wildman–Crippen LogP) is 3.58. The summed E-state index contributed by atoms with van der Waals surface area (Å²) in [7, 11) is 0. The molecule has 0 radical (unpaired) electrons. The number of Topliss-reactive ketones (excluding diaryl/α,β-unsaturated/α-hetero) is 2. The first kappa shape index (κ1) is 15.3. The Labute approximate surface area is 148 Å². The molecule has 118 valence electrons. The number of rotatable bonds is 2. The molecule has 23 heavy (non-hydrogen) atoms. The third kappa shape index (κ3) is 2.04. The number of fused-ring (bicyclic) bond motifs is 1. The van der Waals surface area contributed by atoms with Crippen molar-refractivity contribution in [2.24, 2.45) is 17.8 Å². The van der Waals surface area contributed by atoms with Gasteiger partial charge in [-0.2, -0.15) is 0 Å². The van der Waals surface area contributed by atoms with Crippen molar-refractivity contribution in [3.63, 3.8) is 0 Å². The first-order valence-electron chi connectivity index (χ1n) is 7.87. The maximum absolute atomic E-state index is 13.3. The minimum Gasteiger partial charge on any atom is -0.357 e. The molecule has 1 aromatic carbocycles. The van der Waals surface area contributed by atoms with Crippen LogP contribution in [-0.4, -0.2) is 23.8 Å². The van der Waals surface area contributed by atoms with Gasteiger partial charge in [0.1, 0.15) is 5.78 Å². The highest BCUT2D eigenvalue weighted by molar-refractivity contribution is 14.1. The molecule has 1 spiro atoms. The monoisotopic (exact) mass is 420 g/mol. The first-order valence-corrected chi connectivity index (χ1v) is 8.95. The molecule has 1 saturated carbocycles. The first-order chi connectivity index (χ1) is 11.1. The van der Waals surface area contributed by atoms with Gasteiger partial charge in [-0.15, -0.1) is 0 Å². The number of hydrogen-bond acceptors (Lipinski definition) is 3. The molecule has 3 aliphatic carbocycles. The van der Waals surface area contributed by atoms with Gasteiger partial charge in [-0.25, -0.2) is 0 Å². The predicted molar refractivity (Wildman–Crippen MR) is 96.0 cm³/mol. The molecule has 1 fully saturated rings. The van der Waals surface area contributed by atoms with E-state index in [2.05, 4.69) is 28.7 Å². The molecule has 1 heterocycles. The normalized spacial score (nSPS) is 35.4. The highest BCUT2D eigenvalue weighted by Gasteiger charge is 2.61. The fourth-order valence-corrected chi connectivity index (χ4v) is 5.16. The van der Waals surface area contributed by atoms with Crippen molar-refractivity contribution >= 4 is 39.7 Å². The highest BCUT2D eigenvalue weighted by Crippen LogP contribution is 2.56. The van der Waals surface area contributed by atoms with Crippen molar-refractivity contribution in [3.8, 4) is 0 Å². The van der Waals surface area contributed by atoms with Crippen LogP contribution < -0.4 is 0 Å². The summed E-state index contributed by atoms with van der Waals surface area (Å²) in [5, 5.41) is 0. The lowest BCUT2D eigenvalue weighted by molar-refractivity contribution is -0.153. The van der Waals surface area contributed by atoms with Gasteiger partial charge in [0, 0.05) is 26.9 Å². The van der Waals surface area contributed by atoms with Crippen LogP contribution in [0.1, 0.15) is 18.9 Å². The number of ether oxygens (including phenoxy) is 1. The van der Waals surface area contributed by atoms with Crippen LogP contribution in [-0.2, 0) is 14.3 Å². The van der Waals surface area contributed by atoms with E-state index in [1.807, 2.05) is 36.4 Å². The largest absolute Gasteiger partial charge is 0.357 e. The van der Waals surface area contributed by atoms with Gasteiger partial charge < -0.3 is 4.74 Å². The number of ketones is 2. The Morgan fingerprint density at radius 2 is 2.00 bits per heavy atom. The van der Waals surface area contributed by atoms with E-state index < -0.39 is 5.60 Å². The molecule has 2 bridgehead atoms. The minimum absolute atomic E-state index is 0.0574. The molecule has 1 aromatic rings. The Morgan fingerprint density at radius 3 is 2.65 bits per heavy atom. The quantitative estimate of drug-likeness (QED) is 0.543. The topological polar surface area (TPSA) is 43.4 Å². The second-order valence-electron chi connectivity index (χ2n) is 6.50. The van der Waals surface area contributed by atoms with E-state index in [-0.39, 0.29) is 29.3 Å². The van der Waals surface area contributed by atoms with Gasteiger partial charge >= 0.3 is 0 Å². The lowest BCUT2D eigenvalue weighted by Gasteiger charge is -2.48. The molecule has 0 amide bonds. The fraction of sp³-hybridized carbons (Fsp3) is 0.368. The van der Waals surface area contributed by atoms with E-state index in [9.17, 15) is 9.59 Å². The average molecular weight is 420 g/mol. The van der Waals surface area contributed by atoms with Crippen LogP contribution in [0.3, 0.4) is 0 Å². The van der Waals surface area contributed by atoms with Crippen molar-refractivity contribution < 1.29 is 14.3 Å². The molecular formula is C19H17IO3. The number of allylic oxidation sites excluding steroid dienone is 1. The Kier molecular flexibility index (Phi) is 3.57. The van der Waals surface area contributed by atoms with Gasteiger partial charge in [0.15, 0.2) is 11.4 Å². The second-order valence-corrected chi connectivity index (χ2v) is 7.81.